The van der Waals surface area contributed by atoms with Crippen LogP contribution < -0.4 is 10.2 Å². The molecule has 10 nitrogen and oxygen atoms in total. The van der Waals surface area contributed by atoms with Crippen LogP contribution in [0.15, 0.2) is 35.5 Å². The predicted molar refractivity (Wildman–Crippen MR) is 110 cm³/mol. The molecule has 0 aliphatic carbocycles. The average Bonchev–Trinajstić information content (AvgIpc) is 3.23. The Morgan fingerprint density at radius 1 is 1.14 bits per heavy atom. The number of sulfonamides is 1. The first-order valence-corrected chi connectivity index (χ1v) is 10.9. The number of hydrogen-bond acceptors (Lipinski definition) is 8. The summed E-state index contributed by atoms with van der Waals surface area (Å²) in [6.45, 7) is 5.76. The topological polar surface area (TPSA) is 122 Å². The van der Waals surface area contributed by atoms with E-state index in [0.717, 1.165) is 25.9 Å². The van der Waals surface area contributed by atoms with E-state index in [0.29, 0.717) is 24.6 Å². The second-order valence-corrected chi connectivity index (χ2v) is 8.52. The van der Waals surface area contributed by atoms with Gasteiger partial charge in [0, 0.05) is 31.9 Å². The fourth-order valence-corrected chi connectivity index (χ4v) is 4.81. The van der Waals surface area contributed by atoms with Crippen LogP contribution in [0, 0.1) is 10.1 Å². The van der Waals surface area contributed by atoms with Crippen LogP contribution in [0.1, 0.15) is 26.7 Å². The lowest BCUT2D eigenvalue weighted by Crippen LogP contribution is -2.30. The smallest absolute Gasteiger partial charge is 0.351 e. The Morgan fingerprint density at radius 2 is 1.76 bits per heavy atom. The van der Waals surface area contributed by atoms with Gasteiger partial charge in [-0.1, -0.05) is 13.8 Å². The van der Waals surface area contributed by atoms with Crippen molar-refractivity contribution in [2.75, 3.05) is 36.4 Å². The van der Waals surface area contributed by atoms with E-state index >= 15 is 0 Å². The summed E-state index contributed by atoms with van der Waals surface area (Å²) in [5.41, 5.74) is 0.312. The highest BCUT2D eigenvalue weighted by molar-refractivity contribution is 7.89. The van der Waals surface area contributed by atoms with Crippen LogP contribution in [0.5, 0.6) is 0 Å². The first kappa shape index (κ1) is 20.9. The molecule has 29 heavy (non-hydrogen) atoms. The number of rotatable bonds is 8. The monoisotopic (exact) mass is 420 g/mol. The van der Waals surface area contributed by atoms with Gasteiger partial charge in [0.1, 0.15) is 6.33 Å². The molecule has 0 spiro atoms. The Balaban J connectivity index is 1.89. The number of anilines is 3. The first-order chi connectivity index (χ1) is 13.9. The summed E-state index contributed by atoms with van der Waals surface area (Å²) in [5.74, 6) is 0.372. The number of nitro groups is 1. The summed E-state index contributed by atoms with van der Waals surface area (Å²) in [4.78, 5) is 21.4. The number of aromatic nitrogens is 2. The third-order valence-electron chi connectivity index (χ3n) is 4.85. The fourth-order valence-electron chi connectivity index (χ4n) is 3.35. The van der Waals surface area contributed by atoms with Gasteiger partial charge in [0.05, 0.1) is 9.82 Å². The summed E-state index contributed by atoms with van der Waals surface area (Å²) >= 11 is 0. The zero-order valence-electron chi connectivity index (χ0n) is 16.4. The molecule has 0 saturated carbocycles. The van der Waals surface area contributed by atoms with E-state index < -0.39 is 14.9 Å². The third-order valence-corrected chi connectivity index (χ3v) is 6.92. The maximum Gasteiger partial charge on any atom is 0.353 e. The molecule has 156 valence electrons. The lowest BCUT2D eigenvalue weighted by molar-refractivity contribution is -0.383. The lowest BCUT2D eigenvalue weighted by Gasteiger charge is -2.19. The molecule has 1 aromatic heterocycles. The summed E-state index contributed by atoms with van der Waals surface area (Å²) in [6.07, 6.45) is 3.22. The molecule has 2 heterocycles. The molecular formula is C18H24N6O4S. The van der Waals surface area contributed by atoms with Gasteiger partial charge in [0.15, 0.2) is 0 Å². The quantitative estimate of drug-likeness (QED) is 0.511. The highest BCUT2D eigenvalue weighted by Gasteiger charge is 2.29. The van der Waals surface area contributed by atoms with Crippen LogP contribution in [0.2, 0.25) is 0 Å². The largest absolute Gasteiger partial charge is 0.353 e. The van der Waals surface area contributed by atoms with Gasteiger partial charge in [-0.15, -0.1) is 0 Å². The zero-order valence-corrected chi connectivity index (χ0v) is 17.2. The van der Waals surface area contributed by atoms with Gasteiger partial charge < -0.3 is 10.2 Å². The molecular weight excluding hydrogens is 396 g/mol. The third kappa shape index (κ3) is 4.30. The molecule has 11 heteroatoms. The van der Waals surface area contributed by atoms with Gasteiger partial charge in [-0.2, -0.15) is 4.31 Å². The Morgan fingerprint density at radius 3 is 2.31 bits per heavy atom. The van der Waals surface area contributed by atoms with E-state index in [4.69, 9.17) is 0 Å². The summed E-state index contributed by atoms with van der Waals surface area (Å²) in [7, 11) is -3.57. The van der Waals surface area contributed by atoms with Crippen LogP contribution in [0.25, 0.3) is 0 Å². The van der Waals surface area contributed by atoms with E-state index in [9.17, 15) is 18.5 Å². The van der Waals surface area contributed by atoms with Gasteiger partial charge in [0.2, 0.25) is 21.7 Å². The Hall–Kier alpha value is -2.79. The van der Waals surface area contributed by atoms with Gasteiger partial charge in [-0.25, -0.2) is 18.4 Å². The van der Waals surface area contributed by atoms with E-state index in [-0.39, 0.29) is 16.4 Å². The lowest BCUT2D eigenvalue weighted by atomic mass is 10.3. The normalized spacial score (nSPS) is 14.4. The molecule has 0 bridgehead atoms. The summed E-state index contributed by atoms with van der Waals surface area (Å²) in [6, 6.07) is 6.09. The van der Waals surface area contributed by atoms with Gasteiger partial charge >= 0.3 is 5.69 Å². The molecule has 0 amide bonds. The molecule has 1 aromatic carbocycles. The van der Waals surface area contributed by atoms with Crippen LogP contribution >= 0.6 is 0 Å². The molecule has 0 radical (unpaired) electrons. The second-order valence-electron chi connectivity index (χ2n) is 6.58. The SMILES string of the molecule is CCN(CC)S(=O)(=O)c1ccc(Nc2ncnc(N3CCCC3)c2[N+](=O)[O-])cc1. The molecule has 1 N–H and O–H groups in total. The summed E-state index contributed by atoms with van der Waals surface area (Å²) in [5, 5.41) is 14.6. The van der Waals surface area contributed by atoms with Crippen LogP contribution in [0.4, 0.5) is 23.0 Å². The highest BCUT2D eigenvalue weighted by Crippen LogP contribution is 2.35. The molecule has 1 fully saturated rings. The maximum absolute atomic E-state index is 12.6. The fraction of sp³-hybridized carbons (Fsp3) is 0.444. The Labute approximate surface area is 169 Å². The van der Waals surface area contributed by atoms with Gasteiger partial charge in [0.25, 0.3) is 0 Å². The van der Waals surface area contributed by atoms with Crippen molar-refractivity contribution in [1.29, 1.82) is 0 Å². The van der Waals surface area contributed by atoms with Crippen molar-refractivity contribution in [2.45, 2.75) is 31.6 Å². The Bertz CT molecular complexity index is 970. The van der Waals surface area contributed by atoms with E-state index in [1.54, 1.807) is 26.0 Å². The summed E-state index contributed by atoms with van der Waals surface area (Å²) < 4.78 is 26.5. The Kier molecular flexibility index (Phi) is 6.28. The van der Waals surface area contributed by atoms with Crippen molar-refractivity contribution in [1.82, 2.24) is 14.3 Å². The maximum atomic E-state index is 12.6. The molecule has 0 unspecified atom stereocenters. The minimum Gasteiger partial charge on any atom is -0.351 e. The number of nitrogens with one attached hydrogen (secondary N) is 1. The number of benzene rings is 1. The molecule has 3 rings (SSSR count). The molecule has 1 aliphatic heterocycles. The molecule has 2 aromatic rings. The van der Waals surface area contributed by atoms with Crippen molar-refractivity contribution in [3.05, 3.63) is 40.7 Å². The van der Waals surface area contributed by atoms with Crippen LogP contribution in [-0.2, 0) is 10.0 Å². The van der Waals surface area contributed by atoms with Crippen molar-refractivity contribution in [3.8, 4) is 0 Å². The van der Waals surface area contributed by atoms with Crippen LogP contribution in [-0.4, -0.2) is 53.8 Å². The number of hydrogen-bond donors (Lipinski definition) is 1. The van der Waals surface area contributed by atoms with Crippen molar-refractivity contribution in [3.63, 3.8) is 0 Å². The minimum absolute atomic E-state index is 0.0752. The molecule has 1 saturated heterocycles. The first-order valence-electron chi connectivity index (χ1n) is 9.50. The van der Waals surface area contributed by atoms with Crippen molar-refractivity contribution in [2.24, 2.45) is 0 Å². The highest BCUT2D eigenvalue weighted by atomic mass is 32.2. The van der Waals surface area contributed by atoms with Crippen molar-refractivity contribution >= 4 is 33.0 Å². The molecule has 1 aliphatic rings. The van der Waals surface area contributed by atoms with Crippen LogP contribution in [0.3, 0.4) is 0 Å². The van der Waals surface area contributed by atoms with Crippen molar-refractivity contribution < 1.29 is 13.3 Å². The average molecular weight is 420 g/mol. The van der Waals surface area contributed by atoms with Gasteiger partial charge in [-0.05, 0) is 37.1 Å². The van der Waals surface area contributed by atoms with E-state index in [1.165, 1.54) is 22.8 Å². The predicted octanol–water partition coefficient (Wildman–Crippen LogP) is 2.76. The zero-order chi connectivity index (χ0) is 21.0. The standard InChI is InChI=1S/C18H24N6O4S/c1-3-23(4-2)29(27,28)15-9-7-14(8-10-15)21-17-16(24(25)26)18(20-13-19-17)22-11-5-6-12-22/h7-10,13H,3-6,11-12H2,1-2H3,(H,19,20,21). The second kappa shape index (κ2) is 8.70. The van der Waals surface area contributed by atoms with E-state index in [2.05, 4.69) is 15.3 Å². The van der Waals surface area contributed by atoms with Gasteiger partial charge in [-0.3, -0.25) is 10.1 Å². The minimum atomic E-state index is -3.57. The number of nitrogens with zero attached hydrogens (tertiary/aromatic N) is 5. The van der Waals surface area contributed by atoms with E-state index in [1.807, 2.05) is 4.90 Å². The molecule has 0 atom stereocenters.